The van der Waals surface area contributed by atoms with Gasteiger partial charge in [0.05, 0.1) is 7.11 Å². The van der Waals surface area contributed by atoms with Gasteiger partial charge in [0.25, 0.3) is 0 Å². The SMILES string of the molecule is C=CCN(Cc1ccccc1)C(=O)C1CCN(c2nccc(OC)n2)CC1. The Morgan fingerprint density at radius 2 is 2.04 bits per heavy atom. The van der Waals surface area contributed by atoms with E-state index < -0.39 is 0 Å². The van der Waals surface area contributed by atoms with E-state index >= 15 is 0 Å². The van der Waals surface area contributed by atoms with Gasteiger partial charge in [0.1, 0.15) is 0 Å². The van der Waals surface area contributed by atoms with Crippen molar-refractivity contribution in [1.29, 1.82) is 0 Å². The number of rotatable bonds is 7. The number of carbonyl (C=O) groups excluding carboxylic acids is 1. The standard InChI is InChI=1S/C21H26N4O2/c1-3-13-25(16-17-7-5-4-6-8-17)20(26)18-10-14-24(15-11-18)21-22-12-9-19(23-21)27-2/h3-9,12,18H,1,10-11,13-16H2,2H3. The first-order valence-electron chi connectivity index (χ1n) is 9.27. The summed E-state index contributed by atoms with van der Waals surface area (Å²) in [5.41, 5.74) is 1.13. The molecule has 0 radical (unpaired) electrons. The van der Waals surface area contributed by atoms with Gasteiger partial charge >= 0.3 is 0 Å². The van der Waals surface area contributed by atoms with Crippen molar-refractivity contribution in [2.45, 2.75) is 19.4 Å². The predicted molar refractivity (Wildman–Crippen MR) is 106 cm³/mol. The van der Waals surface area contributed by atoms with Crippen LogP contribution >= 0.6 is 0 Å². The second-order valence-electron chi connectivity index (χ2n) is 6.65. The van der Waals surface area contributed by atoms with Gasteiger partial charge in [0.2, 0.25) is 17.7 Å². The van der Waals surface area contributed by atoms with E-state index in [1.165, 1.54) is 0 Å². The molecule has 0 atom stereocenters. The van der Waals surface area contributed by atoms with Crippen LogP contribution in [0.4, 0.5) is 5.95 Å². The summed E-state index contributed by atoms with van der Waals surface area (Å²) in [6, 6.07) is 11.8. The summed E-state index contributed by atoms with van der Waals surface area (Å²) in [5.74, 6) is 1.44. The molecular weight excluding hydrogens is 340 g/mol. The molecule has 6 heteroatoms. The number of amides is 1. The Hall–Kier alpha value is -2.89. The highest BCUT2D eigenvalue weighted by Gasteiger charge is 2.29. The Labute approximate surface area is 160 Å². The molecule has 0 bridgehead atoms. The van der Waals surface area contributed by atoms with Crippen LogP contribution in [-0.2, 0) is 11.3 Å². The smallest absolute Gasteiger partial charge is 0.228 e. The summed E-state index contributed by atoms with van der Waals surface area (Å²) in [6.07, 6.45) is 5.08. The fourth-order valence-electron chi connectivity index (χ4n) is 3.38. The van der Waals surface area contributed by atoms with Crippen LogP contribution in [0.2, 0.25) is 0 Å². The molecule has 27 heavy (non-hydrogen) atoms. The molecule has 6 nitrogen and oxygen atoms in total. The molecular formula is C21H26N4O2. The lowest BCUT2D eigenvalue weighted by molar-refractivity contribution is -0.136. The number of anilines is 1. The largest absolute Gasteiger partial charge is 0.481 e. The van der Waals surface area contributed by atoms with Gasteiger partial charge in [-0.25, -0.2) is 4.98 Å². The first-order valence-corrected chi connectivity index (χ1v) is 9.27. The molecule has 0 N–H and O–H groups in total. The maximum Gasteiger partial charge on any atom is 0.228 e. The van der Waals surface area contributed by atoms with Crippen LogP contribution in [0.15, 0.2) is 55.3 Å². The number of benzene rings is 1. The van der Waals surface area contributed by atoms with Crippen molar-refractivity contribution in [2.75, 3.05) is 31.6 Å². The van der Waals surface area contributed by atoms with Gasteiger partial charge in [-0.15, -0.1) is 6.58 Å². The zero-order valence-corrected chi connectivity index (χ0v) is 15.8. The van der Waals surface area contributed by atoms with Gasteiger partial charge in [0.15, 0.2) is 0 Å². The van der Waals surface area contributed by atoms with Crippen LogP contribution in [0, 0.1) is 5.92 Å². The van der Waals surface area contributed by atoms with E-state index in [1.807, 2.05) is 35.2 Å². The maximum atomic E-state index is 13.0. The van der Waals surface area contributed by atoms with Crippen molar-refractivity contribution in [3.8, 4) is 5.88 Å². The molecule has 1 aromatic carbocycles. The lowest BCUT2D eigenvalue weighted by atomic mass is 9.95. The molecule has 2 aromatic rings. The number of nitrogens with zero attached hydrogens (tertiary/aromatic N) is 4. The van der Waals surface area contributed by atoms with Crippen molar-refractivity contribution in [3.63, 3.8) is 0 Å². The van der Waals surface area contributed by atoms with Crippen LogP contribution in [-0.4, -0.2) is 47.5 Å². The molecule has 1 saturated heterocycles. The van der Waals surface area contributed by atoms with Crippen LogP contribution in [0.5, 0.6) is 5.88 Å². The number of carbonyl (C=O) groups is 1. The third kappa shape index (κ3) is 4.84. The quantitative estimate of drug-likeness (QED) is 0.705. The summed E-state index contributed by atoms with van der Waals surface area (Å²) >= 11 is 0. The van der Waals surface area contributed by atoms with Crippen molar-refractivity contribution in [2.24, 2.45) is 5.92 Å². The van der Waals surface area contributed by atoms with Gasteiger partial charge in [-0.3, -0.25) is 4.79 Å². The van der Waals surface area contributed by atoms with Crippen LogP contribution in [0.3, 0.4) is 0 Å². The molecule has 1 fully saturated rings. The first kappa shape index (κ1) is 18.9. The average molecular weight is 366 g/mol. The summed E-state index contributed by atoms with van der Waals surface area (Å²) in [7, 11) is 1.60. The molecule has 1 aliphatic heterocycles. The third-order valence-electron chi connectivity index (χ3n) is 4.83. The van der Waals surface area contributed by atoms with Gasteiger partial charge in [0, 0.05) is 44.4 Å². The lowest BCUT2D eigenvalue weighted by Gasteiger charge is -2.34. The fraction of sp³-hybridized carbons (Fsp3) is 0.381. The minimum Gasteiger partial charge on any atom is -0.481 e. The average Bonchev–Trinajstić information content (AvgIpc) is 2.74. The fourth-order valence-corrected chi connectivity index (χ4v) is 3.38. The number of aromatic nitrogens is 2. The molecule has 142 valence electrons. The zero-order chi connectivity index (χ0) is 19.1. The molecule has 0 aliphatic carbocycles. The van der Waals surface area contributed by atoms with Crippen molar-refractivity contribution < 1.29 is 9.53 Å². The highest BCUT2D eigenvalue weighted by atomic mass is 16.5. The highest BCUT2D eigenvalue weighted by Crippen LogP contribution is 2.24. The molecule has 2 heterocycles. The van der Waals surface area contributed by atoms with Gasteiger partial charge in [-0.2, -0.15) is 4.98 Å². The summed E-state index contributed by atoms with van der Waals surface area (Å²) in [6.45, 7) is 6.51. The topological polar surface area (TPSA) is 58.6 Å². The minimum absolute atomic E-state index is 0.0236. The summed E-state index contributed by atoms with van der Waals surface area (Å²) in [5, 5.41) is 0. The molecule has 0 spiro atoms. The number of methoxy groups -OCH3 is 1. The Morgan fingerprint density at radius 3 is 2.70 bits per heavy atom. The Bertz CT molecular complexity index is 758. The van der Waals surface area contributed by atoms with Gasteiger partial charge in [-0.1, -0.05) is 36.4 Å². The number of hydrogen-bond donors (Lipinski definition) is 0. The van der Waals surface area contributed by atoms with E-state index in [0.29, 0.717) is 24.9 Å². The molecule has 3 rings (SSSR count). The van der Waals surface area contributed by atoms with Crippen molar-refractivity contribution >= 4 is 11.9 Å². The second-order valence-corrected chi connectivity index (χ2v) is 6.65. The third-order valence-corrected chi connectivity index (χ3v) is 4.83. The number of ether oxygens (including phenoxy) is 1. The molecule has 1 aromatic heterocycles. The van der Waals surface area contributed by atoms with E-state index in [9.17, 15) is 4.79 Å². The van der Waals surface area contributed by atoms with Gasteiger partial charge < -0.3 is 14.5 Å². The molecule has 1 aliphatic rings. The Kier molecular flexibility index (Phi) is 6.41. The molecule has 1 amide bonds. The monoisotopic (exact) mass is 366 g/mol. The van der Waals surface area contributed by atoms with E-state index in [2.05, 4.69) is 21.4 Å². The minimum atomic E-state index is 0.0236. The number of hydrogen-bond acceptors (Lipinski definition) is 5. The van der Waals surface area contributed by atoms with E-state index in [-0.39, 0.29) is 11.8 Å². The van der Waals surface area contributed by atoms with E-state index in [0.717, 1.165) is 31.5 Å². The Balaban J connectivity index is 1.61. The normalized spacial score (nSPS) is 14.6. The molecule has 0 unspecified atom stereocenters. The van der Waals surface area contributed by atoms with Gasteiger partial charge in [-0.05, 0) is 18.4 Å². The summed E-state index contributed by atoms with van der Waals surface area (Å²) < 4.78 is 5.17. The maximum absolute atomic E-state index is 13.0. The van der Waals surface area contributed by atoms with Crippen molar-refractivity contribution in [1.82, 2.24) is 14.9 Å². The molecule has 0 saturated carbocycles. The van der Waals surface area contributed by atoms with E-state index in [4.69, 9.17) is 4.74 Å². The lowest BCUT2D eigenvalue weighted by Crippen LogP contribution is -2.43. The number of piperidine rings is 1. The van der Waals surface area contributed by atoms with Crippen LogP contribution < -0.4 is 9.64 Å². The van der Waals surface area contributed by atoms with Crippen LogP contribution in [0.1, 0.15) is 18.4 Å². The predicted octanol–water partition coefficient (Wildman–Crippen LogP) is 2.92. The second kappa shape index (κ2) is 9.16. The first-order chi connectivity index (χ1) is 13.2. The zero-order valence-electron chi connectivity index (χ0n) is 15.8. The Morgan fingerprint density at radius 1 is 1.30 bits per heavy atom. The van der Waals surface area contributed by atoms with Crippen molar-refractivity contribution in [3.05, 3.63) is 60.8 Å². The highest BCUT2D eigenvalue weighted by molar-refractivity contribution is 5.79. The summed E-state index contributed by atoms with van der Waals surface area (Å²) in [4.78, 5) is 25.8. The van der Waals surface area contributed by atoms with E-state index in [1.54, 1.807) is 25.4 Å². The van der Waals surface area contributed by atoms with Crippen LogP contribution in [0.25, 0.3) is 0 Å².